The highest BCUT2D eigenvalue weighted by Crippen LogP contribution is 2.37. The van der Waals surface area contributed by atoms with E-state index in [9.17, 15) is 0 Å². The van der Waals surface area contributed by atoms with Gasteiger partial charge in [0, 0.05) is 0 Å². The molecule has 4 aromatic carbocycles. The van der Waals surface area contributed by atoms with Crippen LogP contribution < -0.4 is 23.7 Å². The van der Waals surface area contributed by atoms with Crippen LogP contribution in [0.3, 0.4) is 0 Å². The van der Waals surface area contributed by atoms with E-state index in [1.54, 1.807) is 0 Å². The first-order valence-corrected chi connectivity index (χ1v) is 29.8. The van der Waals surface area contributed by atoms with Gasteiger partial charge in [-0.3, -0.25) is 0 Å². The number of hydrogen-bond acceptors (Lipinski definition) is 5. The fourth-order valence-corrected chi connectivity index (χ4v) is 9.92. The molecule has 0 N–H and O–H groups in total. The molecule has 0 unspecified atom stereocenters. The Morgan fingerprint density at radius 3 is 1.06 bits per heavy atom. The Balaban J connectivity index is 1.05. The molecule has 5 heteroatoms. The Labute approximate surface area is 433 Å². The first-order chi connectivity index (χ1) is 35.1. The van der Waals surface area contributed by atoms with Crippen molar-refractivity contribution in [3.8, 4) is 34.5 Å². The van der Waals surface area contributed by atoms with Gasteiger partial charge in [-0.15, -0.1) is 0 Å². The lowest BCUT2D eigenvalue weighted by Crippen LogP contribution is -2.01. The van der Waals surface area contributed by atoms with Gasteiger partial charge < -0.3 is 23.7 Å². The molecule has 2 aliphatic carbocycles. The third-order valence-corrected chi connectivity index (χ3v) is 15.0. The molecule has 2 aliphatic rings. The van der Waals surface area contributed by atoms with Crippen molar-refractivity contribution in [1.29, 1.82) is 0 Å². The topological polar surface area (TPSA) is 46.2 Å². The Morgan fingerprint density at radius 1 is 0.338 bits per heavy atom. The molecule has 0 atom stereocenters. The third kappa shape index (κ3) is 24.9. The van der Waals surface area contributed by atoms with Gasteiger partial charge in [-0.2, -0.15) is 0 Å². The fraction of sp³-hybridized carbons (Fsp3) is 0.636. The lowest BCUT2D eigenvalue weighted by Gasteiger charge is -2.17. The van der Waals surface area contributed by atoms with Crippen molar-refractivity contribution >= 4 is 0 Å². The van der Waals surface area contributed by atoms with Crippen molar-refractivity contribution in [3.63, 3.8) is 0 Å². The van der Waals surface area contributed by atoms with Gasteiger partial charge >= 0.3 is 0 Å². The second-order valence-corrected chi connectivity index (χ2v) is 21.7. The van der Waals surface area contributed by atoms with E-state index in [0.717, 1.165) is 109 Å². The molecule has 0 radical (unpaired) electrons. The number of aryl methyl sites for hydroxylation is 2. The summed E-state index contributed by atoms with van der Waals surface area (Å²) in [5, 5.41) is 0. The Kier molecular flexibility index (Phi) is 27.8. The summed E-state index contributed by atoms with van der Waals surface area (Å²) in [5.74, 6) is 7.64. The van der Waals surface area contributed by atoms with E-state index in [1.807, 2.05) is 0 Å². The van der Waals surface area contributed by atoms with E-state index in [-0.39, 0.29) is 0 Å². The molecule has 0 aromatic heterocycles. The van der Waals surface area contributed by atoms with Crippen LogP contribution in [0.5, 0.6) is 34.5 Å². The van der Waals surface area contributed by atoms with Gasteiger partial charge in [-0.1, -0.05) is 218 Å². The predicted molar refractivity (Wildman–Crippen MR) is 299 cm³/mol. The van der Waals surface area contributed by atoms with Crippen molar-refractivity contribution in [2.24, 2.45) is 11.8 Å². The highest BCUT2D eigenvalue weighted by atomic mass is 16.5. The van der Waals surface area contributed by atoms with Crippen LogP contribution in [0.2, 0.25) is 0 Å². The lowest BCUT2D eigenvalue weighted by molar-refractivity contribution is 0.299. The van der Waals surface area contributed by atoms with Gasteiger partial charge in [0.15, 0.2) is 0 Å². The highest BCUT2D eigenvalue weighted by molar-refractivity contribution is 5.47. The Hall–Kier alpha value is -4.12. The van der Waals surface area contributed by atoms with Crippen LogP contribution in [0.4, 0.5) is 0 Å². The van der Waals surface area contributed by atoms with Gasteiger partial charge in [-0.25, -0.2) is 0 Å². The van der Waals surface area contributed by atoms with Crippen LogP contribution in [0.1, 0.15) is 242 Å². The van der Waals surface area contributed by atoms with Crippen molar-refractivity contribution in [2.75, 3.05) is 13.2 Å². The predicted octanol–water partition coefficient (Wildman–Crippen LogP) is 20.3. The van der Waals surface area contributed by atoms with E-state index in [0.29, 0.717) is 13.2 Å². The summed E-state index contributed by atoms with van der Waals surface area (Å²) in [6, 6.07) is 29.8. The van der Waals surface area contributed by atoms with E-state index < -0.39 is 0 Å². The minimum atomic E-state index is 0.515. The summed E-state index contributed by atoms with van der Waals surface area (Å²) in [7, 11) is 0. The second kappa shape index (κ2) is 35.1. The molecule has 4 aromatic rings. The van der Waals surface area contributed by atoms with E-state index in [1.165, 1.54) is 191 Å². The maximum atomic E-state index is 6.99. The molecule has 0 saturated heterocycles. The quantitative estimate of drug-likeness (QED) is 0.0413. The molecular formula is C66H98O5. The van der Waals surface area contributed by atoms with Gasteiger partial charge in [0.05, 0.1) is 13.2 Å². The zero-order chi connectivity index (χ0) is 49.2. The minimum Gasteiger partial charge on any atom is -0.494 e. The van der Waals surface area contributed by atoms with Crippen LogP contribution in [0.15, 0.2) is 84.9 Å². The van der Waals surface area contributed by atoms with Crippen LogP contribution in [0, 0.1) is 11.8 Å². The average molecular weight is 972 g/mol. The van der Waals surface area contributed by atoms with Crippen LogP contribution in [-0.2, 0) is 26.1 Å². The molecule has 0 amide bonds. The van der Waals surface area contributed by atoms with Gasteiger partial charge in [0.25, 0.3) is 0 Å². The maximum absolute atomic E-state index is 6.99. The summed E-state index contributed by atoms with van der Waals surface area (Å²) < 4.78 is 32.1. The van der Waals surface area contributed by atoms with E-state index in [2.05, 4.69) is 98.8 Å². The summed E-state index contributed by atoms with van der Waals surface area (Å²) in [6.45, 7) is 7.13. The van der Waals surface area contributed by atoms with Crippen molar-refractivity contribution in [1.82, 2.24) is 0 Å². The molecule has 0 bridgehead atoms. The summed E-state index contributed by atoms with van der Waals surface area (Å²) in [6.07, 6.45) is 44.5. The summed E-state index contributed by atoms with van der Waals surface area (Å²) in [4.78, 5) is 0. The minimum absolute atomic E-state index is 0.515. The van der Waals surface area contributed by atoms with Gasteiger partial charge in [0.1, 0.15) is 47.7 Å². The SMILES string of the molecule is CCCCCCCCOc1ccc(COc2ccc(Oc3ccc(OCc4ccc(OCCCCCCCC)cc4)cc3CCCCCCCCCC3CC3)c(CCCCCCCCCC3CC3)c2)cc1. The average Bonchev–Trinajstić information content (AvgIpc) is 4.35. The zero-order valence-electron chi connectivity index (χ0n) is 45.1. The number of hydrogen-bond donors (Lipinski definition) is 0. The number of benzene rings is 4. The molecule has 0 aliphatic heterocycles. The maximum Gasteiger partial charge on any atom is 0.130 e. The monoisotopic (exact) mass is 971 g/mol. The third-order valence-electron chi connectivity index (χ3n) is 15.0. The van der Waals surface area contributed by atoms with Crippen LogP contribution >= 0.6 is 0 Å². The highest BCUT2D eigenvalue weighted by Gasteiger charge is 2.21. The lowest BCUT2D eigenvalue weighted by atomic mass is 10.0. The van der Waals surface area contributed by atoms with Crippen LogP contribution in [-0.4, -0.2) is 13.2 Å². The Morgan fingerprint density at radius 2 is 0.676 bits per heavy atom. The van der Waals surface area contributed by atoms with Gasteiger partial charge in [-0.05, 0) is 133 Å². The van der Waals surface area contributed by atoms with Gasteiger partial charge in [0.2, 0.25) is 0 Å². The fourth-order valence-electron chi connectivity index (χ4n) is 9.92. The second-order valence-electron chi connectivity index (χ2n) is 21.7. The largest absolute Gasteiger partial charge is 0.494 e. The molecule has 6 rings (SSSR count). The molecule has 2 fully saturated rings. The first-order valence-electron chi connectivity index (χ1n) is 29.8. The van der Waals surface area contributed by atoms with Crippen molar-refractivity contribution < 1.29 is 23.7 Å². The molecule has 2 saturated carbocycles. The number of rotatable bonds is 44. The smallest absolute Gasteiger partial charge is 0.130 e. The molecule has 392 valence electrons. The summed E-state index contributed by atoms with van der Waals surface area (Å²) >= 11 is 0. The zero-order valence-corrected chi connectivity index (χ0v) is 45.1. The summed E-state index contributed by atoms with van der Waals surface area (Å²) in [5.41, 5.74) is 4.72. The van der Waals surface area contributed by atoms with E-state index in [4.69, 9.17) is 23.7 Å². The molecular weight excluding hydrogens is 873 g/mol. The van der Waals surface area contributed by atoms with Crippen molar-refractivity contribution in [3.05, 3.63) is 107 Å². The van der Waals surface area contributed by atoms with E-state index >= 15 is 0 Å². The molecule has 0 heterocycles. The molecule has 71 heavy (non-hydrogen) atoms. The standard InChI is InChI=1S/C66H98O5/c1-3-5-7-9-21-27-49-67-61-41-37-57(38-42-61)53-69-63-45-47-65(59(51-63)31-25-19-15-11-13-17-23-29-55-33-34-55)71-66-48-46-64(52-60(66)32-26-20-16-12-14-18-24-30-56-35-36-56)70-54-58-39-43-62(44-40-58)68-50-28-22-10-8-6-4-2/h37-48,51-52,55-56H,3-36,49-50,53-54H2,1-2H3. The first kappa shape index (κ1) is 56.2. The Bertz CT molecular complexity index is 1810. The normalized spacial score (nSPS) is 13.4. The molecule has 5 nitrogen and oxygen atoms in total. The number of ether oxygens (including phenoxy) is 5. The number of unbranched alkanes of at least 4 members (excludes halogenated alkanes) is 22. The van der Waals surface area contributed by atoms with Crippen LogP contribution in [0.25, 0.3) is 0 Å². The van der Waals surface area contributed by atoms with Crippen molar-refractivity contribution in [2.45, 2.75) is 245 Å². The molecule has 0 spiro atoms.